The Kier molecular flexibility index (Phi) is 2.47. The summed E-state index contributed by atoms with van der Waals surface area (Å²) in [7, 11) is 0. The Morgan fingerprint density at radius 2 is 2.13 bits per heavy atom. The van der Waals surface area contributed by atoms with Crippen LogP contribution in [0.3, 0.4) is 0 Å². The zero-order valence-electron chi connectivity index (χ0n) is 9.33. The molecule has 0 radical (unpaired) electrons. The Hall–Kier alpha value is -0.670. The standard InChI is InChI=1S/C12H19NO2/c1-3-4-12(9-14)10(15)11(2)5-7-13(12)8-6-11/h3,14H,1,4-9H2,2H3/t12-/m1/s1. The molecule has 1 N–H and O–H groups in total. The summed E-state index contributed by atoms with van der Waals surface area (Å²) < 4.78 is 0. The molecule has 0 aromatic carbocycles. The first kappa shape index (κ1) is 10.8. The van der Waals surface area contributed by atoms with Gasteiger partial charge in [0.05, 0.1) is 6.61 Å². The Labute approximate surface area is 90.8 Å². The van der Waals surface area contributed by atoms with Gasteiger partial charge in [-0.15, -0.1) is 6.58 Å². The average molecular weight is 209 g/mol. The van der Waals surface area contributed by atoms with E-state index in [1.54, 1.807) is 6.08 Å². The number of piperidine rings is 3. The van der Waals surface area contributed by atoms with Gasteiger partial charge in [-0.1, -0.05) is 13.0 Å². The van der Waals surface area contributed by atoms with Gasteiger partial charge in [0.2, 0.25) is 0 Å². The maximum absolute atomic E-state index is 12.4. The fourth-order valence-electron chi connectivity index (χ4n) is 3.06. The van der Waals surface area contributed by atoms with Gasteiger partial charge < -0.3 is 5.11 Å². The van der Waals surface area contributed by atoms with Crippen LogP contribution < -0.4 is 0 Å². The van der Waals surface area contributed by atoms with Crippen LogP contribution in [0.4, 0.5) is 0 Å². The number of Topliss-reactive ketones (excluding diaryl/α,β-unsaturated/α-hetero) is 1. The van der Waals surface area contributed by atoms with Gasteiger partial charge in [-0.3, -0.25) is 9.69 Å². The van der Waals surface area contributed by atoms with E-state index in [2.05, 4.69) is 11.5 Å². The van der Waals surface area contributed by atoms with Crippen molar-refractivity contribution in [2.24, 2.45) is 5.41 Å². The number of ketones is 1. The topological polar surface area (TPSA) is 40.5 Å². The first-order valence-corrected chi connectivity index (χ1v) is 5.61. The summed E-state index contributed by atoms with van der Waals surface area (Å²) in [5.41, 5.74) is -0.868. The SMILES string of the molecule is C=CC[C@@]1(CO)C(=O)C2(C)CCN1CC2. The Balaban J connectivity index is 2.38. The number of carbonyl (C=O) groups excluding carboxylic acids is 1. The molecular weight excluding hydrogens is 190 g/mol. The zero-order valence-corrected chi connectivity index (χ0v) is 9.33. The summed E-state index contributed by atoms with van der Waals surface area (Å²) in [5.74, 6) is 0.218. The van der Waals surface area contributed by atoms with E-state index in [1.165, 1.54) is 0 Å². The van der Waals surface area contributed by atoms with Crippen molar-refractivity contribution in [2.45, 2.75) is 31.7 Å². The predicted octanol–water partition coefficient (Wildman–Crippen LogP) is 0.978. The number of rotatable bonds is 3. The monoisotopic (exact) mass is 209 g/mol. The fourth-order valence-corrected chi connectivity index (χ4v) is 3.06. The largest absolute Gasteiger partial charge is 0.394 e. The summed E-state index contributed by atoms with van der Waals surface area (Å²) in [4.78, 5) is 14.5. The maximum Gasteiger partial charge on any atom is 0.161 e. The summed E-state index contributed by atoms with van der Waals surface area (Å²) >= 11 is 0. The summed E-state index contributed by atoms with van der Waals surface area (Å²) in [6, 6.07) is 0. The highest BCUT2D eigenvalue weighted by atomic mass is 16.3. The van der Waals surface area contributed by atoms with Crippen LogP contribution >= 0.6 is 0 Å². The molecule has 84 valence electrons. The highest BCUT2D eigenvalue weighted by Gasteiger charge is 2.57. The van der Waals surface area contributed by atoms with Gasteiger partial charge in [0.15, 0.2) is 5.78 Å². The Morgan fingerprint density at radius 1 is 1.53 bits per heavy atom. The summed E-state index contributed by atoms with van der Waals surface area (Å²) in [6.07, 6.45) is 4.19. The molecule has 2 bridgehead atoms. The minimum Gasteiger partial charge on any atom is -0.394 e. The number of aliphatic hydroxyl groups excluding tert-OH is 1. The lowest BCUT2D eigenvalue weighted by molar-refractivity contribution is -0.162. The van der Waals surface area contributed by atoms with Crippen molar-refractivity contribution in [3.05, 3.63) is 12.7 Å². The van der Waals surface area contributed by atoms with Crippen LogP contribution in [0.5, 0.6) is 0 Å². The molecule has 3 fully saturated rings. The summed E-state index contributed by atoms with van der Waals surface area (Å²) in [5, 5.41) is 9.57. The van der Waals surface area contributed by atoms with Crippen molar-refractivity contribution in [1.82, 2.24) is 4.90 Å². The molecule has 3 aliphatic rings. The highest BCUT2D eigenvalue weighted by Crippen LogP contribution is 2.46. The molecule has 1 atom stereocenters. The molecule has 0 aromatic rings. The van der Waals surface area contributed by atoms with Crippen LogP contribution in [-0.2, 0) is 4.79 Å². The van der Waals surface area contributed by atoms with Crippen molar-refractivity contribution in [2.75, 3.05) is 19.7 Å². The van der Waals surface area contributed by atoms with Crippen molar-refractivity contribution < 1.29 is 9.90 Å². The van der Waals surface area contributed by atoms with Gasteiger partial charge in [0.25, 0.3) is 0 Å². The van der Waals surface area contributed by atoms with E-state index in [0.717, 1.165) is 25.9 Å². The third-order valence-electron chi connectivity index (χ3n) is 4.19. The first-order valence-electron chi connectivity index (χ1n) is 5.61. The quantitative estimate of drug-likeness (QED) is 0.704. The molecule has 3 aliphatic heterocycles. The van der Waals surface area contributed by atoms with E-state index in [0.29, 0.717) is 6.42 Å². The molecule has 3 heterocycles. The molecule has 0 aliphatic carbocycles. The van der Waals surface area contributed by atoms with Gasteiger partial charge in [-0.25, -0.2) is 0 Å². The lowest BCUT2D eigenvalue weighted by Gasteiger charge is -2.56. The Bertz CT molecular complexity index is 292. The van der Waals surface area contributed by atoms with Crippen molar-refractivity contribution in [1.29, 1.82) is 0 Å². The minimum atomic E-state index is -0.660. The van der Waals surface area contributed by atoms with Crippen LogP contribution in [0.2, 0.25) is 0 Å². The first-order chi connectivity index (χ1) is 7.09. The number of fused-ring (bicyclic) bond motifs is 3. The normalized spacial score (nSPS) is 44.4. The molecule has 3 saturated heterocycles. The van der Waals surface area contributed by atoms with Crippen LogP contribution in [0.15, 0.2) is 12.7 Å². The second-order valence-electron chi connectivity index (χ2n) is 5.06. The predicted molar refractivity (Wildman–Crippen MR) is 58.6 cm³/mol. The van der Waals surface area contributed by atoms with Gasteiger partial charge in [0.1, 0.15) is 5.54 Å². The van der Waals surface area contributed by atoms with Crippen molar-refractivity contribution in [3.63, 3.8) is 0 Å². The molecular formula is C12H19NO2. The van der Waals surface area contributed by atoms with Gasteiger partial charge in [-0.2, -0.15) is 0 Å². The molecule has 0 unspecified atom stereocenters. The average Bonchev–Trinajstić information content (AvgIpc) is 2.25. The van der Waals surface area contributed by atoms with E-state index >= 15 is 0 Å². The lowest BCUT2D eigenvalue weighted by Crippen LogP contribution is -2.69. The number of carbonyl (C=O) groups is 1. The van der Waals surface area contributed by atoms with E-state index in [4.69, 9.17) is 0 Å². The minimum absolute atomic E-state index is 0.0759. The number of hydrogen-bond donors (Lipinski definition) is 1. The molecule has 3 nitrogen and oxygen atoms in total. The van der Waals surface area contributed by atoms with Gasteiger partial charge in [-0.05, 0) is 19.3 Å². The Morgan fingerprint density at radius 3 is 2.60 bits per heavy atom. The lowest BCUT2D eigenvalue weighted by atomic mass is 9.63. The van der Waals surface area contributed by atoms with Crippen LogP contribution in [0, 0.1) is 5.41 Å². The van der Waals surface area contributed by atoms with Crippen molar-refractivity contribution >= 4 is 5.78 Å². The number of hydrogen-bond acceptors (Lipinski definition) is 3. The number of aliphatic hydroxyl groups is 1. The molecule has 3 heteroatoms. The van der Waals surface area contributed by atoms with E-state index in [1.807, 2.05) is 6.92 Å². The molecule has 3 rings (SSSR count). The number of nitrogens with zero attached hydrogens (tertiary/aromatic N) is 1. The molecule has 0 amide bonds. The van der Waals surface area contributed by atoms with Crippen LogP contribution in [0.1, 0.15) is 26.2 Å². The van der Waals surface area contributed by atoms with Crippen LogP contribution in [0.25, 0.3) is 0 Å². The van der Waals surface area contributed by atoms with E-state index in [9.17, 15) is 9.90 Å². The van der Waals surface area contributed by atoms with Crippen molar-refractivity contribution in [3.8, 4) is 0 Å². The van der Waals surface area contributed by atoms with E-state index in [-0.39, 0.29) is 17.8 Å². The smallest absolute Gasteiger partial charge is 0.161 e. The second-order valence-corrected chi connectivity index (χ2v) is 5.06. The highest BCUT2D eigenvalue weighted by molar-refractivity contribution is 5.95. The van der Waals surface area contributed by atoms with Gasteiger partial charge in [0, 0.05) is 18.5 Å². The zero-order chi connectivity index (χ0) is 11.1. The molecule has 0 spiro atoms. The third-order valence-corrected chi connectivity index (χ3v) is 4.19. The third kappa shape index (κ3) is 1.30. The van der Waals surface area contributed by atoms with Crippen LogP contribution in [-0.4, -0.2) is 41.0 Å². The van der Waals surface area contributed by atoms with Gasteiger partial charge >= 0.3 is 0 Å². The fraction of sp³-hybridized carbons (Fsp3) is 0.750. The molecule has 0 saturated carbocycles. The second kappa shape index (κ2) is 3.42. The maximum atomic E-state index is 12.4. The molecule has 15 heavy (non-hydrogen) atoms. The van der Waals surface area contributed by atoms with E-state index < -0.39 is 5.54 Å². The molecule has 0 aromatic heterocycles. The summed E-state index contributed by atoms with van der Waals surface area (Å²) in [6.45, 7) is 7.52.